The van der Waals surface area contributed by atoms with Gasteiger partial charge in [-0.3, -0.25) is 9.69 Å². The topological polar surface area (TPSA) is 102 Å². The van der Waals surface area contributed by atoms with Crippen LogP contribution in [0, 0.1) is 5.92 Å². The van der Waals surface area contributed by atoms with E-state index in [1.165, 1.54) is 7.11 Å². The number of phenols is 1. The number of fused-ring (bicyclic) bond motifs is 1. The number of aromatic nitrogens is 3. The molecule has 0 fully saturated rings. The average Bonchev–Trinajstić information content (AvgIpc) is 3.06. The molecule has 1 amide bonds. The maximum Gasteiger partial charge on any atom is 0.246 e. The fourth-order valence-corrected chi connectivity index (χ4v) is 3.81. The summed E-state index contributed by atoms with van der Waals surface area (Å²) in [6, 6.07) is 5.09. The third-order valence-electron chi connectivity index (χ3n) is 5.56. The van der Waals surface area contributed by atoms with E-state index in [1.54, 1.807) is 13.2 Å². The number of nitrogens with one attached hydrogen (secondary N) is 1. The summed E-state index contributed by atoms with van der Waals surface area (Å²) in [4.78, 5) is 14.5. The van der Waals surface area contributed by atoms with Gasteiger partial charge in [0.2, 0.25) is 5.91 Å². The molecule has 0 bridgehead atoms. The Labute approximate surface area is 189 Å². The van der Waals surface area contributed by atoms with Crippen molar-refractivity contribution in [2.75, 3.05) is 40.5 Å². The van der Waals surface area contributed by atoms with E-state index < -0.39 is 0 Å². The lowest BCUT2D eigenvalue weighted by Crippen LogP contribution is -2.36. The molecular formula is C23H33N5O4. The van der Waals surface area contributed by atoms with Gasteiger partial charge >= 0.3 is 0 Å². The second kappa shape index (κ2) is 11.1. The van der Waals surface area contributed by atoms with Crippen molar-refractivity contribution in [3.8, 4) is 11.5 Å². The number of phenolic OH excluding ortho intramolecular Hbond substituents is 1. The van der Waals surface area contributed by atoms with Gasteiger partial charge in [-0.1, -0.05) is 32.1 Å². The van der Waals surface area contributed by atoms with Crippen LogP contribution in [0.4, 0.5) is 0 Å². The van der Waals surface area contributed by atoms with Crippen LogP contribution < -0.4 is 10.1 Å². The van der Waals surface area contributed by atoms with Gasteiger partial charge in [0.25, 0.3) is 0 Å². The smallest absolute Gasteiger partial charge is 0.246 e. The van der Waals surface area contributed by atoms with Gasteiger partial charge in [0.1, 0.15) is 12.4 Å². The third-order valence-corrected chi connectivity index (χ3v) is 5.56. The summed E-state index contributed by atoms with van der Waals surface area (Å²) in [6.07, 6.45) is 4.93. The zero-order valence-corrected chi connectivity index (χ0v) is 19.2. The minimum atomic E-state index is -0.213. The zero-order valence-electron chi connectivity index (χ0n) is 19.2. The monoisotopic (exact) mass is 443 g/mol. The molecule has 0 saturated carbocycles. The predicted octanol–water partition coefficient (Wildman–Crippen LogP) is 2.02. The zero-order chi connectivity index (χ0) is 23.1. The molecule has 174 valence electrons. The molecule has 1 unspecified atom stereocenters. The van der Waals surface area contributed by atoms with Gasteiger partial charge in [0.05, 0.1) is 13.2 Å². The molecule has 1 aromatic carbocycles. The number of ether oxygens (including phenoxy) is 2. The molecule has 0 aliphatic carbocycles. The standard InChI is InChI=1S/C23H33N5O4/c1-16(2)22(24-21(30)15-31-3)23-26-25-20-9-11-27(12-13-28(20)23)10-5-6-17-7-8-18(29)19(14-17)32-4/h5-8,14,16,22,29H,9-13,15H2,1-4H3,(H,24,30)/b6-5+. The van der Waals surface area contributed by atoms with Gasteiger partial charge in [-0.15, -0.1) is 10.2 Å². The van der Waals surface area contributed by atoms with Crippen molar-refractivity contribution < 1.29 is 19.4 Å². The third kappa shape index (κ3) is 5.86. The number of carbonyl (C=O) groups is 1. The summed E-state index contributed by atoms with van der Waals surface area (Å²) in [5, 5.41) is 21.6. The maximum atomic E-state index is 12.1. The lowest BCUT2D eigenvalue weighted by Gasteiger charge is -2.23. The van der Waals surface area contributed by atoms with Crippen molar-refractivity contribution in [2.24, 2.45) is 5.92 Å². The van der Waals surface area contributed by atoms with Crippen molar-refractivity contribution in [1.29, 1.82) is 0 Å². The van der Waals surface area contributed by atoms with Gasteiger partial charge in [-0.05, 0) is 23.6 Å². The summed E-state index contributed by atoms with van der Waals surface area (Å²) in [5.74, 6) is 2.36. The van der Waals surface area contributed by atoms with E-state index in [0.29, 0.717) is 5.75 Å². The second-order valence-electron chi connectivity index (χ2n) is 8.23. The Morgan fingerprint density at radius 3 is 2.78 bits per heavy atom. The van der Waals surface area contributed by atoms with Crippen LogP contribution in [0.15, 0.2) is 24.3 Å². The SMILES string of the molecule is COCC(=O)NC(c1nnc2n1CCN(C/C=C/c1ccc(O)c(OC)c1)CC2)C(C)C. The average molecular weight is 444 g/mol. The lowest BCUT2D eigenvalue weighted by atomic mass is 10.0. The number of benzene rings is 1. The Bertz CT molecular complexity index is 940. The normalized spacial score (nSPS) is 15.5. The van der Waals surface area contributed by atoms with Crippen molar-refractivity contribution in [1.82, 2.24) is 25.0 Å². The molecule has 9 heteroatoms. The fraction of sp³-hybridized carbons (Fsp3) is 0.522. The van der Waals surface area contributed by atoms with Gasteiger partial charge in [-0.2, -0.15) is 0 Å². The van der Waals surface area contributed by atoms with E-state index in [1.807, 2.05) is 18.2 Å². The number of hydrogen-bond donors (Lipinski definition) is 2. The number of aromatic hydroxyl groups is 1. The van der Waals surface area contributed by atoms with E-state index in [4.69, 9.17) is 9.47 Å². The van der Waals surface area contributed by atoms with Crippen LogP contribution in [0.1, 0.15) is 37.1 Å². The molecule has 1 aliphatic rings. The molecule has 0 saturated heterocycles. The van der Waals surface area contributed by atoms with Gasteiger partial charge in [0.15, 0.2) is 17.3 Å². The van der Waals surface area contributed by atoms with Crippen LogP contribution in [0.2, 0.25) is 0 Å². The number of carbonyl (C=O) groups excluding carboxylic acids is 1. The summed E-state index contributed by atoms with van der Waals surface area (Å²) in [5.41, 5.74) is 0.973. The number of amides is 1. The molecule has 1 atom stereocenters. The summed E-state index contributed by atoms with van der Waals surface area (Å²) in [7, 11) is 3.05. The van der Waals surface area contributed by atoms with E-state index in [9.17, 15) is 9.90 Å². The number of nitrogens with zero attached hydrogens (tertiary/aromatic N) is 4. The van der Waals surface area contributed by atoms with Crippen LogP contribution in [-0.2, 0) is 22.5 Å². The molecule has 0 radical (unpaired) electrons. The first-order valence-electron chi connectivity index (χ1n) is 10.9. The highest BCUT2D eigenvalue weighted by Crippen LogP contribution is 2.27. The Hall–Kier alpha value is -2.91. The van der Waals surface area contributed by atoms with Crippen molar-refractivity contribution >= 4 is 12.0 Å². The molecule has 2 heterocycles. The quantitative estimate of drug-likeness (QED) is 0.611. The molecule has 1 aromatic heterocycles. The summed E-state index contributed by atoms with van der Waals surface area (Å²) in [6.45, 7) is 7.45. The molecule has 3 rings (SSSR count). The second-order valence-corrected chi connectivity index (χ2v) is 8.23. The van der Waals surface area contributed by atoms with Crippen LogP contribution in [0.3, 0.4) is 0 Å². The minimum Gasteiger partial charge on any atom is -0.504 e. The van der Waals surface area contributed by atoms with Crippen LogP contribution in [-0.4, -0.2) is 71.1 Å². The van der Waals surface area contributed by atoms with Crippen LogP contribution >= 0.6 is 0 Å². The minimum absolute atomic E-state index is 0.0250. The van der Waals surface area contributed by atoms with Crippen LogP contribution in [0.25, 0.3) is 6.08 Å². The number of rotatable bonds is 9. The fourth-order valence-electron chi connectivity index (χ4n) is 3.81. The van der Waals surface area contributed by atoms with Crippen molar-refractivity contribution in [3.05, 3.63) is 41.5 Å². The highest BCUT2D eigenvalue weighted by molar-refractivity contribution is 5.77. The molecule has 32 heavy (non-hydrogen) atoms. The first-order valence-corrected chi connectivity index (χ1v) is 10.9. The number of methoxy groups -OCH3 is 2. The molecule has 2 aromatic rings. The highest BCUT2D eigenvalue weighted by Gasteiger charge is 2.27. The Morgan fingerprint density at radius 1 is 1.25 bits per heavy atom. The van der Waals surface area contributed by atoms with E-state index in [-0.39, 0.29) is 30.2 Å². The predicted molar refractivity (Wildman–Crippen MR) is 121 cm³/mol. The molecular weight excluding hydrogens is 410 g/mol. The largest absolute Gasteiger partial charge is 0.504 e. The number of hydrogen-bond acceptors (Lipinski definition) is 7. The highest BCUT2D eigenvalue weighted by atomic mass is 16.5. The molecule has 1 aliphatic heterocycles. The van der Waals surface area contributed by atoms with E-state index in [2.05, 4.69) is 44.9 Å². The molecule has 9 nitrogen and oxygen atoms in total. The molecule has 2 N–H and O–H groups in total. The Morgan fingerprint density at radius 2 is 2.06 bits per heavy atom. The lowest BCUT2D eigenvalue weighted by molar-refractivity contribution is -0.125. The van der Waals surface area contributed by atoms with E-state index in [0.717, 1.165) is 49.8 Å². The van der Waals surface area contributed by atoms with Crippen molar-refractivity contribution in [3.63, 3.8) is 0 Å². The summed E-state index contributed by atoms with van der Waals surface area (Å²) >= 11 is 0. The maximum absolute atomic E-state index is 12.1. The van der Waals surface area contributed by atoms with Gasteiger partial charge < -0.3 is 24.5 Å². The van der Waals surface area contributed by atoms with Gasteiger partial charge in [0, 0.05) is 39.7 Å². The van der Waals surface area contributed by atoms with Crippen LogP contribution in [0.5, 0.6) is 11.5 Å². The van der Waals surface area contributed by atoms with Crippen molar-refractivity contribution in [2.45, 2.75) is 32.9 Å². The Balaban J connectivity index is 1.64. The molecule has 0 spiro atoms. The Kier molecular flexibility index (Phi) is 8.24. The first-order chi connectivity index (χ1) is 15.4. The summed E-state index contributed by atoms with van der Waals surface area (Å²) < 4.78 is 12.3. The first kappa shape index (κ1) is 23.7. The van der Waals surface area contributed by atoms with E-state index >= 15 is 0 Å². The van der Waals surface area contributed by atoms with Gasteiger partial charge in [-0.25, -0.2) is 0 Å².